The van der Waals surface area contributed by atoms with Gasteiger partial charge in [-0.25, -0.2) is 0 Å². The molecule has 2 rings (SSSR count). The molecule has 104 valence electrons. The topological polar surface area (TPSA) is 21.1 Å². The molecule has 1 aromatic heterocycles. The van der Waals surface area contributed by atoms with Crippen LogP contribution in [0.2, 0.25) is 0 Å². The first-order chi connectivity index (χ1) is 9.28. The van der Waals surface area contributed by atoms with E-state index in [-0.39, 0.29) is 0 Å². The van der Waals surface area contributed by atoms with Gasteiger partial charge < -0.3 is 4.90 Å². The van der Waals surface area contributed by atoms with E-state index in [1.807, 2.05) is 6.20 Å². The monoisotopic (exact) mass is 259 g/mol. The minimum absolute atomic E-state index is 1.00. The zero-order valence-electron chi connectivity index (χ0n) is 12.4. The summed E-state index contributed by atoms with van der Waals surface area (Å²) in [6, 6.07) is 6.75. The van der Waals surface area contributed by atoms with Crippen LogP contribution >= 0.6 is 0 Å². The minimum Gasteiger partial charge on any atom is -0.304 e. The van der Waals surface area contributed by atoms with Crippen LogP contribution in [0.1, 0.15) is 32.8 Å². The van der Waals surface area contributed by atoms with E-state index in [0.717, 1.165) is 39.0 Å². The van der Waals surface area contributed by atoms with Gasteiger partial charge in [0.1, 0.15) is 0 Å². The summed E-state index contributed by atoms with van der Waals surface area (Å²) in [6.07, 6.45) is 4.22. The molecule has 0 aliphatic carbocycles. The van der Waals surface area contributed by atoms with E-state index >= 15 is 0 Å². The number of hydrogen-bond donors (Lipinski definition) is 0. The number of benzene rings is 1. The molecule has 3 nitrogen and oxygen atoms in total. The molecule has 0 amide bonds. The van der Waals surface area contributed by atoms with Crippen molar-refractivity contribution >= 4 is 10.9 Å². The molecule has 1 aromatic carbocycles. The lowest BCUT2D eigenvalue weighted by molar-refractivity contribution is 0.308. The van der Waals surface area contributed by atoms with Crippen LogP contribution in [0.4, 0.5) is 0 Å². The molecular formula is C16H25N3. The number of hydrogen-bond acceptors (Lipinski definition) is 2. The largest absolute Gasteiger partial charge is 0.304 e. The molecule has 2 aromatic rings. The van der Waals surface area contributed by atoms with Crippen LogP contribution in [-0.4, -0.2) is 34.3 Å². The molecule has 3 heteroatoms. The second kappa shape index (κ2) is 6.71. The third-order valence-electron chi connectivity index (χ3n) is 3.76. The van der Waals surface area contributed by atoms with Crippen molar-refractivity contribution in [3.8, 4) is 0 Å². The van der Waals surface area contributed by atoms with E-state index in [0.29, 0.717) is 0 Å². The van der Waals surface area contributed by atoms with Gasteiger partial charge in [0.25, 0.3) is 0 Å². The Bertz CT molecular complexity index is 512. The molecule has 0 saturated heterocycles. The van der Waals surface area contributed by atoms with E-state index in [4.69, 9.17) is 0 Å². The lowest BCUT2D eigenvalue weighted by Crippen LogP contribution is -2.25. The average molecular weight is 259 g/mol. The first-order valence-electron chi connectivity index (χ1n) is 7.45. The highest BCUT2D eigenvalue weighted by Crippen LogP contribution is 2.16. The van der Waals surface area contributed by atoms with Crippen LogP contribution in [0, 0.1) is 0 Å². The van der Waals surface area contributed by atoms with Gasteiger partial charge in [0, 0.05) is 18.5 Å². The van der Waals surface area contributed by atoms with Crippen LogP contribution in [0.15, 0.2) is 24.4 Å². The Morgan fingerprint density at radius 2 is 1.95 bits per heavy atom. The van der Waals surface area contributed by atoms with Gasteiger partial charge in [0.2, 0.25) is 0 Å². The Kier molecular flexibility index (Phi) is 4.97. The van der Waals surface area contributed by atoms with Crippen molar-refractivity contribution in [2.24, 2.45) is 0 Å². The second-order valence-electron chi connectivity index (χ2n) is 5.04. The molecule has 0 fully saturated rings. The molecule has 0 aliphatic heterocycles. The van der Waals surface area contributed by atoms with Crippen molar-refractivity contribution < 1.29 is 0 Å². The van der Waals surface area contributed by atoms with Gasteiger partial charge in [0.05, 0.1) is 11.7 Å². The van der Waals surface area contributed by atoms with Crippen molar-refractivity contribution in [2.45, 2.75) is 40.2 Å². The third kappa shape index (κ3) is 3.35. The number of rotatable bonds is 7. The van der Waals surface area contributed by atoms with E-state index in [1.54, 1.807) is 0 Å². The quantitative estimate of drug-likeness (QED) is 0.760. The van der Waals surface area contributed by atoms with Gasteiger partial charge >= 0.3 is 0 Å². The Hall–Kier alpha value is -1.35. The zero-order valence-corrected chi connectivity index (χ0v) is 12.4. The van der Waals surface area contributed by atoms with E-state index in [9.17, 15) is 0 Å². The van der Waals surface area contributed by atoms with Crippen LogP contribution in [0.5, 0.6) is 0 Å². The van der Waals surface area contributed by atoms with Crippen LogP contribution < -0.4 is 0 Å². The molecule has 19 heavy (non-hydrogen) atoms. The smallest absolute Gasteiger partial charge is 0.0685 e. The lowest BCUT2D eigenvalue weighted by Gasteiger charge is -2.17. The van der Waals surface area contributed by atoms with Crippen molar-refractivity contribution in [3.63, 3.8) is 0 Å². The lowest BCUT2D eigenvalue weighted by atomic mass is 10.1. The Balaban J connectivity index is 2.13. The number of nitrogens with zero attached hydrogens (tertiary/aromatic N) is 3. The number of likely N-dealkylation sites (N-methyl/N-ethyl adjacent to an activating group) is 1. The van der Waals surface area contributed by atoms with Gasteiger partial charge in [-0.2, -0.15) is 5.10 Å². The van der Waals surface area contributed by atoms with E-state index in [1.165, 1.54) is 16.5 Å². The molecule has 0 atom stereocenters. The summed E-state index contributed by atoms with van der Waals surface area (Å²) in [5.74, 6) is 0. The highest BCUT2D eigenvalue weighted by Gasteiger charge is 2.05. The predicted octanol–water partition coefficient (Wildman–Crippen LogP) is 3.33. The number of fused-ring (bicyclic) bond motifs is 1. The normalized spacial score (nSPS) is 11.6. The van der Waals surface area contributed by atoms with Crippen molar-refractivity contribution in [2.75, 3.05) is 19.6 Å². The fourth-order valence-corrected chi connectivity index (χ4v) is 2.49. The molecule has 0 aliphatic rings. The molecule has 0 N–H and O–H groups in total. The second-order valence-corrected chi connectivity index (χ2v) is 5.04. The third-order valence-corrected chi connectivity index (χ3v) is 3.76. The van der Waals surface area contributed by atoms with Gasteiger partial charge in [-0.15, -0.1) is 0 Å². The highest BCUT2D eigenvalue weighted by molar-refractivity contribution is 5.79. The zero-order chi connectivity index (χ0) is 13.7. The van der Waals surface area contributed by atoms with Crippen LogP contribution in [-0.2, 0) is 13.0 Å². The number of aryl methyl sites for hydroxylation is 1. The van der Waals surface area contributed by atoms with Gasteiger partial charge in [-0.05, 0) is 37.6 Å². The summed E-state index contributed by atoms with van der Waals surface area (Å²) in [4.78, 5) is 2.47. The number of aromatic nitrogens is 2. The van der Waals surface area contributed by atoms with Crippen molar-refractivity contribution in [3.05, 3.63) is 30.0 Å². The maximum absolute atomic E-state index is 4.46. The van der Waals surface area contributed by atoms with Crippen molar-refractivity contribution in [1.29, 1.82) is 0 Å². The van der Waals surface area contributed by atoms with E-state index < -0.39 is 0 Å². The van der Waals surface area contributed by atoms with Crippen LogP contribution in [0.25, 0.3) is 10.9 Å². The Morgan fingerprint density at radius 3 is 2.63 bits per heavy atom. The first kappa shape index (κ1) is 14.1. The summed E-state index contributed by atoms with van der Waals surface area (Å²) in [5.41, 5.74) is 2.69. The van der Waals surface area contributed by atoms with Gasteiger partial charge in [0.15, 0.2) is 0 Å². The summed E-state index contributed by atoms with van der Waals surface area (Å²) in [5, 5.41) is 5.71. The summed E-state index contributed by atoms with van der Waals surface area (Å²) < 4.78 is 2.12. The molecule has 0 spiro atoms. The maximum atomic E-state index is 4.46. The Labute approximate surface area is 116 Å². The van der Waals surface area contributed by atoms with Gasteiger partial charge in [-0.3, -0.25) is 4.68 Å². The van der Waals surface area contributed by atoms with Crippen molar-refractivity contribution in [1.82, 2.24) is 14.7 Å². The highest BCUT2D eigenvalue weighted by atomic mass is 15.3. The van der Waals surface area contributed by atoms with Crippen LogP contribution in [0.3, 0.4) is 0 Å². The summed E-state index contributed by atoms with van der Waals surface area (Å²) in [6.45, 7) is 11.0. The standard InChI is InChI=1S/C16H25N3/c1-4-10-19-16-12-14(7-8-15(16)13-17-19)9-11-18(5-2)6-3/h7-8,12-13H,4-6,9-11H2,1-3H3. The molecule has 0 unspecified atom stereocenters. The summed E-state index contributed by atoms with van der Waals surface area (Å²) in [7, 11) is 0. The molecule has 1 heterocycles. The molecular weight excluding hydrogens is 234 g/mol. The average Bonchev–Trinajstić information content (AvgIpc) is 2.83. The fraction of sp³-hybridized carbons (Fsp3) is 0.562. The molecule has 0 saturated carbocycles. The summed E-state index contributed by atoms with van der Waals surface area (Å²) >= 11 is 0. The first-order valence-corrected chi connectivity index (χ1v) is 7.45. The predicted molar refractivity (Wildman–Crippen MR) is 81.5 cm³/mol. The van der Waals surface area contributed by atoms with E-state index in [2.05, 4.69) is 53.7 Å². The minimum atomic E-state index is 1.00. The maximum Gasteiger partial charge on any atom is 0.0685 e. The molecule has 0 radical (unpaired) electrons. The fourth-order valence-electron chi connectivity index (χ4n) is 2.49. The SMILES string of the molecule is CCCn1ncc2ccc(CCN(CC)CC)cc21. The Morgan fingerprint density at radius 1 is 1.16 bits per heavy atom. The van der Waals surface area contributed by atoms with Gasteiger partial charge in [-0.1, -0.05) is 32.9 Å². The molecule has 0 bridgehead atoms.